The van der Waals surface area contributed by atoms with E-state index >= 15 is 0 Å². The van der Waals surface area contributed by atoms with Crippen LogP contribution >= 0.6 is 22.9 Å². The third-order valence-corrected chi connectivity index (χ3v) is 4.51. The van der Waals surface area contributed by atoms with E-state index in [1.54, 1.807) is 12.1 Å². The van der Waals surface area contributed by atoms with Crippen LogP contribution < -0.4 is 5.32 Å². The van der Waals surface area contributed by atoms with Crippen LogP contribution in [0.25, 0.3) is 10.6 Å². The van der Waals surface area contributed by atoms with Gasteiger partial charge in [-0.1, -0.05) is 52.8 Å². The molecule has 0 unspecified atom stereocenters. The Kier molecular flexibility index (Phi) is 4.41. The summed E-state index contributed by atoms with van der Waals surface area (Å²) in [6.07, 6.45) is 0. The maximum atomic E-state index is 12.4. The van der Waals surface area contributed by atoms with E-state index < -0.39 is 0 Å². The topological polar surface area (TPSA) is 54.9 Å². The van der Waals surface area contributed by atoms with Crippen LogP contribution in [0.5, 0.6) is 0 Å². The Morgan fingerprint density at radius 3 is 2.57 bits per heavy atom. The third-order valence-electron chi connectivity index (χ3n) is 3.37. The molecule has 0 atom stereocenters. The lowest BCUT2D eigenvalue weighted by atomic mass is 10.1. The second-order valence-electron chi connectivity index (χ2n) is 5.19. The van der Waals surface area contributed by atoms with E-state index in [2.05, 4.69) is 15.5 Å². The molecule has 1 amide bonds. The van der Waals surface area contributed by atoms with Crippen molar-refractivity contribution in [3.8, 4) is 10.6 Å². The molecule has 0 aliphatic rings. The van der Waals surface area contributed by atoms with Crippen molar-refractivity contribution >= 4 is 34.0 Å². The van der Waals surface area contributed by atoms with E-state index in [0.29, 0.717) is 15.7 Å². The summed E-state index contributed by atoms with van der Waals surface area (Å²) >= 11 is 7.21. The molecule has 0 saturated carbocycles. The first-order valence-corrected chi connectivity index (χ1v) is 8.20. The Hall–Kier alpha value is -2.24. The van der Waals surface area contributed by atoms with Gasteiger partial charge < -0.3 is 0 Å². The number of aryl methyl sites for hydroxylation is 2. The summed E-state index contributed by atoms with van der Waals surface area (Å²) in [6.45, 7) is 3.87. The summed E-state index contributed by atoms with van der Waals surface area (Å²) in [5.74, 6) is -0.176. The quantitative estimate of drug-likeness (QED) is 0.748. The summed E-state index contributed by atoms with van der Waals surface area (Å²) in [7, 11) is 0. The summed E-state index contributed by atoms with van der Waals surface area (Å²) in [5.41, 5.74) is 3.53. The Bertz CT molecular complexity index is 859. The van der Waals surface area contributed by atoms with Crippen LogP contribution in [0.3, 0.4) is 0 Å². The normalized spacial score (nSPS) is 10.6. The zero-order valence-corrected chi connectivity index (χ0v) is 14.2. The lowest BCUT2D eigenvalue weighted by Gasteiger charge is -2.05. The number of hydrogen-bond acceptors (Lipinski definition) is 4. The molecule has 0 fully saturated rings. The van der Waals surface area contributed by atoms with Crippen molar-refractivity contribution in [3.63, 3.8) is 0 Å². The van der Waals surface area contributed by atoms with Crippen LogP contribution in [-0.2, 0) is 0 Å². The number of rotatable bonds is 3. The minimum Gasteiger partial charge on any atom is -0.296 e. The molecule has 1 aromatic heterocycles. The number of aromatic nitrogens is 2. The molecule has 0 spiro atoms. The fraction of sp³-hybridized carbons (Fsp3) is 0.118. The smallest absolute Gasteiger partial charge is 0.257 e. The summed E-state index contributed by atoms with van der Waals surface area (Å²) in [4.78, 5) is 12.4. The lowest BCUT2D eigenvalue weighted by Crippen LogP contribution is -2.13. The van der Waals surface area contributed by atoms with Gasteiger partial charge in [-0.2, -0.15) is 0 Å². The number of carbonyl (C=O) groups is 1. The maximum absolute atomic E-state index is 12.4. The van der Waals surface area contributed by atoms with Gasteiger partial charge in [0.15, 0.2) is 0 Å². The Morgan fingerprint density at radius 1 is 1.09 bits per heavy atom. The van der Waals surface area contributed by atoms with Gasteiger partial charge in [-0.25, -0.2) is 0 Å². The van der Waals surface area contributed by atoms with Crippen molar-refractivity contribution in [1.82, 2.24) is 10.2 Å². The van der Waals surface area contributed by atoms with Gasteiger partial charge in [0.1, 0.15) is 5.01 Å². The van der Waals surface area contributed by atoms with Crippen molar-refractivity contribution in [3.05, 3.63) is 64.2 Å². The summed E-state index contributed by atoms with van der Waals surface area (Å²) in [5, 5.41) is 12.8. The van der Waals surface area contributed by atoms with Crippen molar-refractivity contribution in [2.24, 2.45) is 0 Å². The number of anilines is 1. The molecule has 0 saturated heterocycles. The molecule has 23 heavy (non-hydrogen) atoms. The fourth-order valence-electron chi connectivity index (χ4n) is 2.13. The minimum absolute atomic E-state index is 0.176. The minimum atomic E-state index is -0.176. The zero-order chi connectivity index (χ0) is 16.4. The van der Waals surface area contributed by atoms with E-state index in [0.717, 1.165) is 21.7 Å². The van der Waals surface area contributed by atoms with Crippen LogP contribution in [0.2, 0.25) is 5.02 Å². The second-order valence-corrected chi connectivity index (χ2v) is 6.61. The van der Waals surface area contributed by atoms with Crippen molar-refractivity contribution in [1.29, 1.82) is 0 Å². The highest BCUT2D eigenvalue weighted by Crippen LogP contribution is 2.27. The molecule has 0 aliphatic carbocycles. The monoisotopic (exact) mass is 343 g/mol. The molecule has 4 nitrogen and oxygen atoms in total. The molecular weight excluding hydrogens is 330 g/mol. The number of benzene rings is 2. The van der Waals surface area contributed by atoms with E-state index in [-0.39, 0.29) is 5.91 Å². The van der Waals surface area contributed by atoms with E-state index in [9.17, 15) is 4.79 Å². The second kappa shape index (κ2) is 6.48. The lowest BCUT2D eigenvalue weighted by molar-refractivity contribution is 0.102. The number of amides is 1. The number of nitrogens with zero attached hydrogens (tertiary/aromatic N) is 2. The van der Waals surface area contributed by atoms with Gasteiger partial charge in [0.2, 0.25) is 5.13 Å². The standard InChI is InChI=1S/C17H14ClN3OS/c1-10-3-4-11(2)14(9-10)15(22)19-17-21-20-16(23-17)12-5-7-13(18)8-6-12/h3-9H,1-2H3,(H,19,21,22). The average Bonchev–Trinajstić information content (AvgIpc) is 2.99. The molecule has 0 aliphatic heterocycles. The van der Waals surface area contributed by atoms with Crippen LogP contribution in [0.15, 0.2) is 42.5 Å². The highest BCUT2D eigenvalue weighted by Gasteiger charge is 2.13. The Balaban J connectivity index is 1.80. The maximum Gasteiger partial charge on any atom is 0.257 e. The first-order chi connectivity index (χ1) is 11.0. The molecule has 0 bridgehead atoms. The van der Waals surface area contributed by atoms with Crippen LogP contribution in [0.4, 0.5) is 5.13 Å². The highest BCUT2D eigenvalue weighted by atomic mass is 35.5. The first-order valence-electron chi connectivity index (χ1n) is 7.01. The number of hydrogen-bond donors (Lipinski definition) is 1. The van der Waals surface area contributed by atoms with Gasteiger partial charge in [-0.05, 0) is 37.6 Å². The van der Waals surface area contributed by atoms with E-state index in [1.165, 1.54) is 11.3 Å². The van der Waals surface area contributed by atoms with Crippen molar-refractivity contribution in [2.75, 3.05) is 5.32 Å². The Labute approximate surface area is 143 Å². The number of nitrogens with one attached hydrogen (secondary N) is 1. The molecule has 6 heteroatoms. The SMILES string of the molecule is Cc1ccc(C)c(C(=O)Nc2nnc(-c3ccc(Cl)cc3)s2)c1. The van der Waals surface area contributed by atoms with E-state index in [1.807, 2.05) is 44.2 Å². The molecule has 3 rings (SSSR count). The van der Waals surface area contributed by atoms with Gasteiger partial charge in [-0.3, -0.25) is 10.1 Å². The molecule has 1 N–H and O–H groups in total. The summed E-state index contributed by atoms with van der Waals surface area (Å²) < 4.78 is 0. The highest BCUT2D eigenvalue weighted by molar-refractivity contribution is 7.18. The van der Waals surface area contributed by atoms with Gasteiger partial charge in [0, 0.05) is 16.1 Å². The molecule has 1 heterocycles. The molecule has 116 valence electrons. The molecule has 3 aromatic rings. The molecule has 2 aromatic carbocycles. The van der Waals surface area contributed by atoms with Crippen molar-refractivity contribution < 1.29 is 4.79 Å². The molecular formula is C17H14ClN3OS. The third kappa shape index (κ3) is 3.57. The fourth-order valence-corrected chi connectivity index (χ4v) is 3.00. The average molecular weight is 344 g/mol. The van der Waals surface area contributed by atoms with Crippen LogP contribution in [-0.4, -0.2) is 16.1 Å². The van der Waals surface area contributed by atoms with Gasteiger partial charge >= 0.3 is 0 Å². The number of halogens is 1. The van der Waals surface area contributed by atoms with Crippen LogP contribution in [0, 0.1) is 13.8 Å². The predicted octanol–water partition coefficient (Wildman–Crippen LogP) is 4.73. The number of carbonyl (C=O) groups excluding carboxylic acids is 1. The largest absolute Gasteiger partial charge is 0.296 e. The zero-order valence-electron chi connectivity index (χ0n) is 12.6. The van der Waals surface area contributed by atoms with Gasteiger partial charge in [0.25, 0.3) is 5.91 Å². The Morgan fingerprint density at radius 2 is 1.83 bits per heavy atom. The van der Waals surface area contributed by atoms with Crippen LogP contribution in [0.1, 0.15) is 21.5 Å². The predicted molar refractivity (Wildman–Crippen MR) is 94.2 cm³/mol. The molecule has 0 radical (unpaired) electrons. The van der Waals surface area contributed by atoms with E-state index in [4.69, 9.17) is 11.6 Å². The van der Waals surface area contributed by atoms with Gasteiger partial charge in [0.05, 0.1) is 0 Å². The summed E-state index contributed by atoms with van der Waals surface area (Å²) in [6, 6.07) is 13.1. The van der Waals surface area contributed by atoms with Gasteiger partial charge in [-0.15, -0.1) is 10.2 Å². The first kappa shape index (κ1) is 15.6. The van der Waals surface area contributed by atoms with Crippen molar-refractivity contribution in [2.45, 2.75) is 13.8 Å².